The monoisotopic (exact) mass is 283 g/mol. The highest BCUT2D eigenvalue weighted by Crippen LogP contribution is 2.21. The van der Waals surface area contributed by atoms with E-state index in [1.165, 1.54) is 18.6 Å². The summed E-state index contributed by atoms with van der Waals surface area (Å²) in [5.74, 6) is 2.59. The van der Waals surface area contributed by atoms with Crippen molar-refractivity contribution in [3.05, 3.63) is 12.1 Å². The Balaban J connectivity index is 2.37. The smallest absolute Gasteiger partial charge is 0.239 e. The third kappa shape index (κ3) is 6.57. The van der Waals surface area contributed by atoms with E-state index in [2.05, 4.69) is 16.6 Å². The molecule has 0 aliphatic heterocycles. The fourth-order valence-electron chi connectivity index (χ4n) is 1.63. The number of nitrogens with two attached hydrogens (primary N) is 1. The number of nitrogen functional groups attached to an aromatic ring is 1. The van der Waals surface area contributed by atoms with E-state index >= 15 is 0 Å². The van der Waals surface area contributed by atoms with Crippen molar-refractivity contribution >= 4 is 23.3 Å². The van der Waals surface area contributed by atoms with E-state index in [9.17, 15) is 0 Å². The van der Waals surface area contributed by atoms with Crippen molar-refractivity contribution in [2.45, 2.75) is 39.2 Å². The maximum absolute atomic E-state index is 5.83. The molecule has 0 fully saturated rings. The summed E-state index contributed by atoms with van der Waals surface area (Å²) < 4.78 is 5.57. The number of rotatable bonds is 9. The van der Waals surface area contributed by atoms with Crippen LogP contribution >= 0.6 is 11.8 Å². The van der Waals surface area contributed by atoms with Crippen LogP contribution in [0.3, 0.4) is 0 Å². The molecule has 0 aliphatic rings. The van der Waals surface area contributed by atoms with Crippen molar-refractivity contribution in [2.75, 3.05) is 29.6 Å². The average molecular weight is 283 g/mol. The van der Waals surface area contributed by atoms with E-state index in [0.717, 1.165) is 18.8 Å². The maximum atomic E-state index is 5.83. The number of unbranched alkanes of at least 4 members (excludes halogenated alkanes) is 2. The van der Waals surface area contributed by atoms with Crippen LogP contribution < -0.4 is 15.8 Å². The third-order valence-electron chi connectivity index (χ3n) is 2.57. The first kappa shape index (κ1) is 16.0. The second-order valence-corrected chi connectivity index (χ2v) is 5.72. The number of nitrogens with zero attached hydrogens (tertiary/aromatic N) is 1. The van der Waals surface area contributed by atoms with Gasteiger partial charge < -0.3 is 15.8 Å². The third-order valence-corrected chi connectivity index (χ3v) is 3.27. The van der Waals surface area contributed by atoms with Gasteiger partial charge in [-0.2, -0.15) is 16.7 Å². The highest BCUT2D eigenvalue weighted by molar-refractivity contribution is 7.98. The van der Waals surface area contributed by atoms with Crippen molar-refractivity contribution < 1.29 is 4.74 Å². The van der Waals surface area contributed by atoms with Gasteiger partial charge in [0.2, 0.25) is 5.88 Å². The van der Waals surface area contributed by atoms with E-state index in [0.29, 0.717) is 11.6 Å². The lowest BCUT2D eigenvalue weighted by atomic mass is 10.2. The molecule has 1 aromatic heterocycles. The van der Waals surface area contributed by atoms with Gasteiger partial charge in [0.05, 0.1) is 11.8 Å². The summed E-state index contributed by atoms with van der Waals surface area (Å²) in [6.07, 6.45) is 5.91. The number of aromatic nitrogens is 1. The molecule has 0 aromatic carbocycles. The predicted octanol–water partition coefficient (Wildman–Crippen LogP) is 3.40. The molecule has 0 saturated carbocycles. The molecule has 4 nitrogen and oxygen atoms in total. The molecule has 0 aliphatic carbocycles. The zero-order chi connectivity index (χ0) is 14.1. The minimum Gasteiger partial charge on any atom is -0.473 e. The van der Waals surface area contributed by atoms with Gasteiger partial charge in [0, 0.05) is 6.54 Å². The number of anilines is 2. The van der Waals surface area contributed by atoms with Crippen molar-refractivity contribution in [3.63, 3.8) is 0 Å². The van der Waals surface area contributed by atoms with Gasteiger partial charge in [0.15, 0.2) is 0 Å². The molecule has 19 heavy (non-hydrogen) atoms. The minimum absolute atomic E-state index is 0.0802. The average Bonchev–Trinajstić information content (AvgIpc) is 2.37. The molecule has 3 N–H and O–H groups in total. The SMILES string of the molecule is CSCCCCCNc1ccc(N)c(OC(C)C)n1. The molecule has 0 bridgehead atoms. The summed E-state index contributed by atoms with van der Waals surface area (Å²) in [6, 6.07) is 3.73. The standard InChI is InChI=1S/C14H25N3OS/c1-11(2)18-14-12(15)7-8-13(17-14)16-9-5-4-6-10-19-3/h7-8,11H,4-6,9-10,15H2,1-3H3,(H,16,17). The second-order valence-electron chi connectivity index (χ2n) is 4.74. The highest BCUT2D eigenvalue weighted by Gasteiger charge is 2.06. The Kier molecular flexibility index (Phi) is 7.48. The number of hydrogen-bond donors (Lipinski definition) is 2. The molecular formula is C14H25N3OS. The molecule has 1 aromatic rings. The topological polar surface area (TPSA) is 60.2 Å². The van der Waals surface area contributed by atoms with Crippen LogP contribution in [0.4, 0.5) is 11.5 Å². The molecule has 0 amide bonds. The summed E-state index contributed by atoms with van der Waals surface area (Å²) in [4.78, 5) is 4.38. The quantitative estimate of drug-likeness (QED) is 0.680. The first-order valence-corrected chi connectivity index (χ1v) is 8.19. The molecule has 108 valence electrons. The largest absolute Gasteiger partial charge is 0.473 e. The summed E-state index contributed by atoms with van der Waals surface area (Å²) in [5.41, 5.74) is 6.41. The summed E-state index contributed by atoms with van der Waals surface area (Å²) in [7, 11) is 0. The summed E-state index contributed by atoms with van der Waals surface area (Å²) in [5, 5.41) is 3.31. The van der Waals surface area contributed by atoms with E-state index in [4.69, 9.17) is 10.5 Å². The molecule has 0 saturated heterocycles. The van der Waals surface area contributed by atoms with Crippen molar-refractivity contribution in [2.24, 2.45) is 0 Å². The Morgan fingerprint density at radius 3 is 2.79 bits per heavy atom. The van der Waals surface area contributed by atoms with Crippen LogP contribution in [-0.4, -0.2) is 29.6 Å². The molecule has 0 unspecified atom stereocenters. The van der Waals surface area contributed by atoms with Crippen LogP contribution in [0, 0.1) is 0 Å². The van der Waals surface area contributed by atoms with Crippen molar-refractivity contribution in [1.29, 1.82) is 0 Å². The van der Waals surface area contributed by atoms with Crippen molar-refractivity contribution in [1.82, 2.24) is 4.98 Å². The number of pyridine rings is 1. The number of thioether (sulfide) groups is 1. The van der Waals surface area contributed by atoms with Gasteiger partial charge in [-0.05, 0) is 50.8 Å². The Bertz CT molecular complexity index is 372. The van der Waals surface area contributed by atoms with Crippen LogP contribution in [-0.2, 0) is 0 Å². The first-order chi connectivity index (χ1) is 9.13. The van der Waals surface area contributed by atoms with Crippen LogP contribution in [0.2, 0.25) is 0 Å². The highest BCUT2D eigenvalue weighted by atomic mass is 32.2. The van der Waals surface area contributed by atoms with Gasteiger partial charge in [0.1, 0.15) is 5.82 Å². The zero-order valence-electron chi connectivity index (χ0n) is 12.1. The van der Waals surface area contributed by atoms with Gasteiger partial charge >= 0.3 is 0 Å². The number of ether oxygens (including phenoxy) is 1. The van der Waals surface area contributed by atoms with E-state index in [1.54, 1.807) is 0 Å². The van der Waals surface area contributed by atoms with Gasteiger partial charge in [0.25, 0.3) is 0 Å². The minimum atomic E-state index is 0.0802. The Hall–Kier alpha value is -1.10. The second kappa shape index (κ2) is 8.91. The maximum Gasteiger partial charge on any atom is 0.239 e. The predicted molar refractivity (Wildman–Crippen MR) is 85.1 cm³/mol. The lowest BCUT2D eigenvalue weighted by Crippen LogP contribution is -2.10. The number of nitrogens with one attached hydrogen (secondary N) is 1. The van der Waals surface area contributed by atoms with Gasteiger partial charge in [-0.3, -0.25) is 0 Å². The fourth-order valence-corrected chi connectivity index (χ4v) is 2.12. The van der Waals surface area contributed by atoms with Gasteiger partial charge in [-0.1, -0.05) is 6.42 Å². The molecule has 1 heterocycles. The summed E-state index contributed by atoms with van der Waals surface area (Å²) >= 11 is 1.90. The lowest BCUT2D eigenvalue weighted by Gasteiger charge is -2.13. The fraction of sp³-hybridized carbons (Fsp3) is 0.643. The number of hydrogen-bond acceptors (Lipinski definition) is 5. The van der Waals surface area contributed by atoms with E-state index in [-0.39, 0.29) is 6.10 Å². The molecular weight excluding hydrogens is 258 g/mol. The summed E-state index contributed by atoms with van der Waals surface area (Å²) in [6.45, 7) is 4.87. The van der Waals surface area contributed by atoms with Gasteiger partial charge in [-0.15, -0.1) is 0 Å². The molecule has 5 heteroatoms. The van der Waals surface area contributed by atoms with Crippen LogP contribution in [0.1, 0.15) is 33.1 Å². The van der Waals surface area contributed by atoms with Crippen LogP contribution in [0.25, 0.3) is 0 Å². The Labute approximate surface area is 120 Å². The van der Waals surface area contributed by atoms with E-state index < -0.39 is 0 Å². The lowest BCUT2D eigenvalue weighted by molar-refractivity contribution is 0.234. The normalized spacial score (nSPS) is 10.7. The molecule has 0 spiro atoms. The van der Waals surface area contributed by atoms with E-state index in [1.807, 2.05) is 37.7 Å². The molecule has 0 atom stereocenters. The van der Waals surface area contributed by atoms with Crippen LogP contribution in [0.15, 0.2) is 12.1 Å². The van der Waals surface area contributed by atoms with Crippen molar-refractivity contribution in [3.8, 4) is 5.88 Å². The molecule has 0 radical (unpaired) electrons. The Morgan fingerprint density at radius 2 is 2.11 bits per heavy atom. The van der Waals surface area contributed by atoms with Gasteiger partial charge in [-0.25, -0.2) is 0 Å². The Morgan fingerprint density at radius 1 is 1.32 bits per heavy atom. The first-order valence-electron chi connectivity index (χ1n) is 6.79. The zero-order valence-corrected chi connectivity index (χ0v) is 12.9. The van der Waals surface area contributed by atoms with Crippen LogP contribution in [0.5, 0.6) is 5.88 Å². The molecule has 1 rings (SSSR count).